The van der Waals surface area contributed by atoms with Gasteiger partial charge >= 0.3 is 0 Å². The summed E-state index contributed by atoms with van der Waals surface area (Å²) in [6.07, 6.45) is 0. The maximum atomic E-state index is 6.37. The van der Waals surface area contributed by atoms with E-state index in [1.807, 2.05) is 133 Å². The van der Waals surface area contributed by atoms with Crippen LogP contribution in [0, 0.1) is 0 Å². The summed E-state index contributed by atoms with van der Waals surface area (Å²) in [5.41, 5.74) is 27.5. The summed E-state index contributed by atoms with van der Waals surface area (Å²) in [7, 11) is 0. The Morgan fingerprint density at radius 1 is 0.162 bits per heavy atom. The number of thiazole rings is 3. The van der Waals surface area contributed by atoms with Gasteiger partial charge < -0.3 is 4.42 Å². The van der Waals surface area contributed by atoms with E-state index >= 15 is 0 Å². The zero-order valence-corrected chi connectivity index (χ0v) is 78.7. The Morgan fingerprint density at radius 3 is 0.915 bits per heavy atom. The zero-order chi connectivity index (χ0) is 93.9. The molecule has 0 saturated heterocycles. The number of aromatic nitrogens is 9. The molecule has 13 heteroatoms. The van der Waals surface area contributed by atoms with Crippen molar-refractivity contribution in [2.24, 2.45) is 0 Å². The van der Waals surface area contributed by atoms with Gasteiger partial charge in [0.1, 0.15) is 26.2 Å². The smallest absolute Gasteiger partial charge is 0.160 e. The summed E-state index contributed by atoms with van der Waals surface area (Å²) >= 11 is 5.21. The molecule has 21 aromatic carbocycles. The highest BCUT2D eigenvalue weighted by Crippen LogP contribution is 2.47. The first-order valence-electron chi connectivity index (χ1n) is 47.3. The lowest BCUT2D eigenvalue weighted by atomic mass is 9.96. The molecule has 664 valence electrons. The average Bonchev–Trinajstić information content (AvgIpc) is 1.62. The summed E-state index contributed by atoms with van der Waals surface area (Å²) in [5.74, 6) is 2.12. The predicted octanol–water partition coefficient (Wildman–Crippen LogP) is 35.4. The van der Waals surface area contributed by atoms with Gasteiger partial charge in [-0.15, -0.1) is 34.0 Å². The second kappa shape index (κ2) is 36.4. The Hall–Kier alpha value is -18.1. The first kappa shape index (κ1) is 84.4. The number of hydrogen-bond donors (Lipinski definition) is 0. The van der Waals surface area contributed by atoms with E-state index < -0.39 is 0 Å². The van der Waals surface area contributed by atoms with Crippen LogP contribution < -0.4 is 0 Å². The number of fused-ring (bicyclic) bond motifs is 18. The third-order valence-corrected chi connectivity index (χ3v) is 29.7. The van der Waals surface area contributed by atoms with Crippen molar-refractivity contribution in [3.63, 3.8) is 0 Å². The van der Waals surface area contributed by atoms with Crippen molar-refractivity contribution in [3.8, 4) is 156 Å². The molecule has 7 aromatic heterocycles. The van der Waals surface area contributed by atoms with Gasteiger partial charge in [0.2, 0.25) is 0 Å². The molecule has 10 nitrogen and oxygen atoms in total. The fourth-order valence-corrected chi connectivity index (χ4v) is 22.4. The molecule has 28 aromatic rings. The lowest BCUT2D eigenvalue weighted by Gasteiger charge is -2.11. The molecule has 7 heterocycles. The minimum atomic E-state index is 0.699. The molecule has 0 aliphatic heterocycles. The molecule has 0 aliphatic rings. The van der Waals surface area contributed by atoms with E-state index in [-0.39, 0.29) is 0 Å². The van der Waals surface area contributed by atoms with Crippen LogP contribution in [0.3, 0.4) is 0 Å². The molecule has 0 N–H and O–H groups in total. The van der Waals surface area contributed by atoms with Gasteiger partial charge in [-0.25, -0.2) is 44.9 Å². The minimum absolute atomic E-state index is 0.699. The number of para-hydroxylation sites is 2. The van der Waals surface area contributed by atoms with Crippen LogP contribution >= 0.6 is 34.0 Å². The maximum absolute atomic E-state index is 6.37. The summed E-state index contributed by atoms with van der Waals surface area (Å²) < 4.78 is 9.92. The van der Waals surface area contributed by atoms with E-state index in [0.29, 0.717) is 17.5 Å². The summed E-state index contributed by atoms with van der Waals surface area (Å²) in [6.45, 7) is 0. The van der Waals surface area contributed by atoms with Gasteiger partial charge in [-0.2, -0.15) is 0 Å². The SMILES string of the molecule is c1ccc(-c2cc(-c3ccccc3)nc(-c3ccc(-c4ccc5ccc6ccc7sc(-c8ccccc8)nc7c6c5c4)cc3)n2)cc1.c1ccc(-c2cc(-c3ccccc3)nc(-c3ccc4c(ccc5ccc6sc(-c7cccc8c7oc7ccccc78)nc6c54)c3)n2)cc1.c1ccc(-c2cc(-c3ccccc3)nc(-c3cccc(-c4ccc5c(ccc6ccc7sc(-c8ccccc8)nc7c65)c4)c3)n2)cc1. The molecule has 0 aliphatic carbocycles. The Balaban J connectivity index is 0.000000109. The molecule has 0 radical (unpaired) electrons. The zero-order valence-electron chi connectivity index (χ0n) is 76.3. The van der Waals surface area contributed by atoms with Crippen molar-refractivity contribution >= 4 is 151 Å². The third-order valence-electron chi connectivity index (χ3n) is 26.5. The molecule has 28 rings (SSSR count). The van der Waals surface area contributed by atoms with E-state index in [1.54, 1.807) is 34.0 Å². The predicted molar refractivity (Wildman–Crippen MR) is 594 cm³/mol. The fourth-order valence-electron chi connectivity index (χ4n) is 19.5. The topological polar surface area (TPSA) is 129 Å². The fraction of sp³-hybridized carbons (Fsp3) is 0. The highest BCUT2D eigenvalue weighted by molar-refractivity contribution is 7.22. The van der Waals surface area contributed by atoms with Crippen LogP contribution in [-0.2, 0) is 0 Å². The van der Waals surface area contributed by atoms with Crippen molar-refractivity contribution in [2.45, 2.75) is 0 Å². The minimum Gasteiger partial charge on any atom is -0.455 e. The van der Waals surface area contributed by atoms with Gasteiger partial charge in [0.05, 0.1) is 70.4 Å². The third kappa shape index (κ3) is 16.2. The van der Waals surface area contributed by atoms with E-state index in [9.17, 15) is 0 Å². The Labute approximate surface area is 829 Å². The summed E-state index contributed by atoms with van der Waals surface area (Å²) in [5, 5.41) is 19.5. The standard InChI is InChI=1S/C43H25N3OS.2C43H27N3S/c1-3-10-26(11-4-1)35-25-36(27-12-5-2-6-13-27)45-42(44-35)30-20-22-31-29(24-30)19-18-28-21-23-38-40(39(28)31)46-43(48-38)34-16-9-15-33-32-14-7-8-17-37(32)47-41(33)34;1-4-11-28(12-5-1)37-27-38(29-13-6-2-7-14-29)45-42(44-37)35-18-10-17-32(26-35)33-21-23-36-34(25-33)20-19-30-22-24-39-41(40(30)36)46-43(47-39)31-15-8-3-9-16-31;1-4-10-30(11-5-1)37-27-38(31-12-6-2-7-13-31)45-42(44-37)33-21-16-28(17-22-33)35-23-19-29-18-20-32-24-25-39-41(40(32)36(29)26-35)46-43(47-39)34-14-8-3-9-15-34/h1-25H;2*1-27H. The lowest BCUT2D eigenvalue weighted by molar-refractivity contribution is 0.670. The van der Waals surface area contributed by atoms with Gasteiger partial charge in [-0.3, -0.25) is 0 Å². The molecular formula is C129H79N9OS3. The largest absolute Gasteiger partial charge is 0.455 e. The normalized spacial score (nSPS) is 11.5. The molecule has 0 bridgehead atoms. The van der Waals surface area contributed by atoms with Gasteiger partial charge in [-0.1, -0.05) is 406 Å². The van der Waals surface area contributed by atoms with Gasteiger partial charge in [0.25, 0.3) is 0 Å². The van der Waals surface area contributed by atoms with Crippen molar-refractivity contribution < 1.29 is 4.42 Å². The van der Waals surface area contributed by atoms with Gasteiger partial charge in [0.15, 0.2) is 17.5 Å². The summed E-state index contributed by atoms with van der Waals surface area (Å²) in [6, 6.07) is 167. The second-order valence-electron chi connectivity index (χ2n) is 35.3. The van der Waals surface area contributed by atoms with Crippen LogP contribution in [0.5, 0.6) is 0 Å². The quantitative estimate of drug-likeness (QED) is 0.0970. The van der Waals surface area contributed by atoms with E-state index in [4.69, 9.17) is 49.3 Å². The molecular weight excluding hydrogens is 1790 g/mol. The van der Waals surface area contributed by atoms with Crippen molar-refractivity contribution in [3.05, 3.63) is 479 Å². The first-order chi connectivity index (χ1) is 70.3. The lowest BCUT2D eigenvalue weighted by Crippen LogP contribution is -1.96. The molecule has 0 spiro atoms. The summed E-state index contributed by atoms with van der Waals surface area (Å²) in [4.78, 5) is 45.9. The van der Waals surface area contributed by atoms with E-state index in [2.05, 4.69) is 346 Å². The van der Waals surface area contributed by atoms with Crippen LogP contribution in [0.2, 0.25) is 0 Å². The van der Waals surface area contributed by atoms with Gasteiger partial charge in [0, 0.05) is 88.1 Å². The van der Waals surface area contributed by atoms with Crippen LogP contribution in [0.1, 0.15) is 0 Å². The average molecular weight is 1870 g/mol. The monoisotopic (exact) mass is 1870 g/mol. The Bertz CT molecular complexity index is 9540. The second-order valence-corrected chi connectivity index (χ2v) is 38.4. The molecule has 0 atom stereocenters. The van der Waals surface area contributed by atoms with Crippen molar-refractivity contribution in [2.75, 3.05) is 0 Å². The number of hydrogen-bond acceptors (Lipinski definition) is 13. The number of benzene rings is 21. The number of furan rings is 1. The first-order valence-corrected chi connectivity index (χ1v) is 49.8. The molecule has 0 fully saturated rings. The Morgan fingerprint density at radius 2 is 0.458 bits per heavy atom. The van der Waals surface area contributed by atoms with E-state index in [0.717, 1.165) is 203 Å². The maximum Gasteiger partial charge on any atom is 0.160 e. The molecule has 0 unspecified atom stereocenters. The van der Waals surface area contributed by atoms with E-state index in [1.165, 1.54) is 52.5 Å². The van der Waals surface area contributed by atoms with Crippen molar-refractivity contribution in [1.82, 2.24) is 44.9 Å². The van der Waals surface area contributed by atoms with Gasteiger partial charge in [-0.05, 0) is 144 Å². The highest BCUT2D eigenvalue weighted by atomic mass is 32.1. The van der Waals surface area contributed by atoms with Crippen LogP contribution in [0.25, 0.3) is 273 Å². The Kier molecular flexibility index (Phi) is 21.6. The number of nitrogens with zero attached hydrogens (tertiary/aromatic N) is 9. The number of rotatable bonds is 14. The molecule has 0 saturated carbocycles. The van der Waals surface area contributed by atoms with Crippen LogP contribution in [-0.4, -0.2) is 44.9 Å². The van der Waals surface area contributed by atoms with Crippen molar-refractivity contribution in [1.29, 1.82) is 0 Å². The highest BCUT2D eigenvalue weighted by Gasteiger charge is 2.23. The van der Waals surface area contributed by atoms with Crippen LogP contribution in [0.15, 0.2) is 484 Å². The molecule has 0 amide bonds. The molecule has 142 heavy (non-hydrogen) atoms. The van der Waals surface area contributed by atoms with Crippen LogP contribution in [0.4, 0.5) is 0 Å².